The highest BCUT2D eigenvalue weighted by molar-refractivity contribution is 6.33. The number of hydrogen-bond acceptors (Lipinski definition) is 4. The van der Waals surface area contributed by atoms with Gasteiger partial charge in [-0.1, -0.05) is 35.0 Å². The number of nitrogens with one attached hydrogen (secondary N) is 1. The van der Waals surface area contributed by atoms with Gasteiger partial charge in [0.25, 0.3) is 5.91 Å². The molecule has 0 unspecified atom stereocenters. The summed E-state index contributed by atoms with van der Waals surface area (Å²) in [7, 11) is 0. The summed E-state index contributed by atoms with van der Waals surface area (Å²) < 4.78 is 5.22. The first kappa shape index (κ1) is 16.0. The molecule has 0 radical (unpaired) electrons. The molecule has 1 aliphatic carbocycles. The maximum absolute atomic E-state index is 12.7. The summed E-state index contributed by atoms with van der Waals surface area (Å²) in [6.07, 6.45) is 2.81. The molecule has 2 N–H and O–H groups in total. The molecule has 0 bridgehead atoms. The highest BCUT2D eigenvalue weighted by Gasteiger charge is 2.27. The Morgan fingerprint density at radius 2 is 2.17 bits per heavy atom. The van der Waals surface area contributed by atoms with Crippen LogP contribution in [0.2, 0.25) is 5.02 Å². The van der Waals surface area contributed by atoms with Crippen LogP contribution in [0.15, 0.2) is 28.8 Å². The summed E-state index contributed by atoms with van der Waals surface area (Å²) in [5, 5.41) is 17.2. The highest BCUT2D eigenvalue weighted by atomic mass is 35.5. The molecule has 1 amide bonds. The van der Waals surface area contributed by atoms with Crippen molar-refractivity contribution in [3.63, 3.8) is 0 Å². The average molecular weight is 335 g/mol. The lowest BCUT2D eigenvalue weighted by molar-refractivity contribution is 0.0849. The number of halogens is 1. The fraction of sp³-hybridized carbons (Fsp3) is 0.412. The second-order valence-corrected chi connectivity index (χ2v) is 6.34. The van der Waals surface area contributed by atoms with Crippen molar-refractivity contribution in [2.45, 2.75) is 44.8 Å². The number of amides is 1. The van der Waals surface area contributed by atoms with Crippen LogP contribution in [-0.2, 0) is 0 Å². The van der Waals surface area contributed by atoms with Crippen molar-refractivity contribution in [1.82, 2.24) is 10.5 Å². The van der Waals surface area contributed by atoms with Crippen molar-refractivity contribution in [1.29, 1.82) is 0 Å². The van der Waals surface area contributed by atoms with Crippen molar-refractivity contribution in [3.05, 3.63) is 40.6 Å². The lowest BCUT2D eigenvalue weighted by atomic mass is 9.92. The number of benzene rings is 1. The lowest BCUT2D eigenvalue weighted by Crippen LogP contribution is -2.40. The standard InChI is InChI=1S/C17H19ClN2O3/c1-10-15(17(22)19-11-5-4-6-12(21)9-11)16(20-23-10)13-7-2-3-8-14(13)18/h2-3,7-8,11-12,21H,4-6,9H2,1H3,(H,19,22)/t11-,12+/m1/s1. The van der Waals surface area contributed by atoms with E-state index in [1.165, 1.54) is 0 Å². The van der Waals surface area contributed by atoms with Crippen LogP contribution in [0.3, 0.4) is 0 Å². The van der Waals surface area contributed by atoms with Crippen molar-refractivity contribution in [3.8, 4) is 11.3 Å². The number of rotatable bonds is 3. The second kappa shape index (κ2) is 6.72. The van der Waals surface area contributed by atoms with Gasteiger partial charge < -0.3 is 14.9 Å². The van der Waals surface area contributed by atoms with Crippen molar-refractivity contribution >= 4 is 17.5 Å². The molecule has 1 heterocycles. The lowest BCUT2D eigenvalue weighted by Gasteiger charge is -2.26. The van der Waals surface area contributed by atoms with E-state index in [0.29, 0.717) is 34.0 Å². The molecule has 0 spiro atoms. The van der Waals surface area contributed by atoms with Crippen LogP contribution >= 0.6 is 11.6 Å². The van der Waals surface area contributed by atoms with Crippen LogP contribution < -0.4 is 5.32 Å². The summed E-state index contributed by atoms with van der Waals surface area (Å²) >= 11 is 6.21. The molecule has 2 atom stereocenters. The SMILES string of the molecule is Cc1onc(-c2ccccc2Cl)c1C(=O)N[C@@H]1CCC[C@H](O)C1. The van der Waals surface area contributed by atoms with Gasteiger partial charge in [-0.05, 0) is 38.7 Å². The van der Waals surface area contributed by atoms with Gasteiger partial charge in [0.2, 0.25) is 0 Å². The summed E-state index contributed by atoms with van der Waals surface area (Å²) in [5.74, 6) is 0.214. The van der Waals surface area contributed by atoms with Gasteiger partial charge in [-0.25, -0.2) is 0 Å². The molecule has 6 heteroatoms. The molecule has 1 aromatic carbocycles. The van der Waals surface area contributed by atoms with Crippen molar-refractivity contribution in [2.75, 3.05) is 0 Å². The number of aliphatic hydroxyl groups is 1. The smallest absolute Gasteiger partial charge is 0.257 e. The van der Waals surface area contributed by atoms with Gasteiger partial charge in [-0.3, -0.25) is 4.79 Å². The number of aliphatic hydroxyl groups excluding tert-OH is 1. The third-order valence-electron chi connectivity index (χ3n) is 4.20. The molecule has 1 aliphatic rings. The van der Waals surface area contributed by atoms with E-state index in [0.717, 1.165) is 19.3 Å². The number of carbonyl (C=O) groups is 1. The summed E-state index contributed by atoms with van der Waals surface area (Å²) in [6, 6.07) is 7.19. The Kier molecular flexibility index (Phi) is 4.68. The maximum atomic E-state index is 12.7. The average Bonchev–Trinajstić information content (AvgIpc) is 2.89. The fourth-order valence-electron chi connectivity index (χ4n) is 3.03. The molecular weight excluding hydrogens is 316 g/mol. The number of hydrogen-bond donors (Lipinski definition) is 2. The number of carbonyl (C=O) groups excluding carboxylic acids is 1. The Morgan fingerprint density at radius 1 is 1.39 bits per heavy atom. The van der Waals surface area contributed by atoms with Crippen LogP contribution in [0.25, 0.3) is 11.3 Å². The minimum Gasteiger partial charge on any atom is -0.393 e. The molecular formula is C17H19ClN2O3. The number of nitrogens with zero attached hydrogens (tertiary/aromatic N) is 1. The largest absolute Gasteiger partial charge is 0.393 e. The third kappa shape index (κ3) is 3.41. The monoisotopic (exact) mass is 334 g/mol. The van der Waals surface area contributed by atoms with Crippen LogP contribution in [0.1, 0.15) is 41.8 Å². The minimum atomic E-state index is -0.347. The number of aryl methyl sites for hydroxylation is 1. The van der Waals surface area contributed by atoms with Crippen LogP contribution in [0, 0.1) is 6.92 Å². The first-order valence-corrected chi connectivity index (χ1v) is 8.14. The topological polar surface area (TPSA) is 75.4 Å². The van der Waals surface area contributed by atoms with Gasteiger partial charge in [0.1, 0.15) is 17.0 Å². The van der Waals surface area contributed by atoms with Crippen LogP contribution in [0.5, 0.6) is 0 Å². The molecule has 1 saturated carbocycles. The Hall–Kier alpha value is -1.85. The van der Waals surface area contributed by atoms with E-state index in [1.54, 1.807) is 19.1 Å². The van der Waals surface area contributed by atoms with E-state index in [1.807, 2.05) is 12.1 Å². The fourth-order valence-corrected chi connectivity index (χ4v) is 3.25. The predicted molar refractivity (Wildman–Crippen MR) is 87.4 cm³/mol. The summed E-state index contributed by atoms with van der Waals surface area (Å²) in [4.78, 5) is 12.7. The normalized spacial score (nSPS) is 21.2. The van der Waals surface area contributed by atoms with Gasteiger partial charge >= 0.3 is 0 Å². The van der Waals surface area contributed by atoms with Gasteiger partial charge in [-0.15, -0.1) is 0 Å². The zero-order valence-corrected chi connectivity index (χ0v) is 13.6. The third-order valence-corrected chi connectivity index (χ3v) is 4.53. The van der Waals surface area contributed by atoms with Gasteiger partial charge in [0.05, 0.1) is 11.1 Å². The summed E-state index contributed by atoms with van der Waals surface area (Å²) in [5.41, 5.74) is 1.51. The van der Waals surface area contributed by atoms with Crippen LogP contribution in [0.4, 0.5) is 0 Å². The Balaban J connectivity index is 1.86. The quantitative estimate of drug-likeness (QED) is 0.902. The second-order valence-electron chi connectivity index (χ2n) is 5.93. The molecule has 122 valence electrons. The van der Waals surface area contributed by atoms with Gasteiger partial charge in [-0.2, -0.15) is 0 Å². The number of aromatic nitrogens is 1. The van der Waals surface area contributed by atoms with Crippen molar-refractivity contribution < 1.29 is 14.4 Å². The van der Waals surface area contributed by atoms with E-state index in [2.05, 4.69) is 10.5 Å². The maximum Gasteiger partial charge on any atom is 0.257 e. The van der Waals surface area contributed by atoms with E-state index < -0.39 is 0 Å². The highest BCUT2D eigenvalue weighted by Crippen LogP contribution is 2.31. The predicted octanol–water partition coefficient (Wildman–Crippen LogP) is 3.34. The van der Waals surface area contributed by atoms with Gasteiger partial charge in [0.15, 0.2) is 0 Å². The zero-order valence-electron chi connectivity index (χ0n) is 12.9. The minimum absolute atomic E-state index is 0.0281. The first-order valence-electron chi connectivity index (χ1n) is 7.76. The molecule has 2 aromatic rings. The first-order chi connectivity index (χ1) is 11.1. The van der Waals surface area contributed by atoms with Crippen LogP contribution in [-0.4, -0.2) is 28.3 Å². The van der Waals surface area contributed by atoms with Gasteiger partial charge in [0, 0.05) is 11.6 Å². The molecule has 0 aliphatic heterocycles. The van der Waals surface area contributed by atoms with E-state index in [9.17, 15) is 9.90 Å². The van der Waals surface area contributed by atoms with E-state index >= 15 is 0 Å². The van der Waals surface area contributed by atoms with E-state index in [-0.39, 0.29) is 18.1 Å². The molecule has 0 saturated heterocycles. The molecule has 23 heavy (non-hydrogen) atoms. The Labute approximate surface area is 139 Å². The van der Waals surface area contributed by atoms with Crippen molar-refractivity contribution in [2.24, 2.45) is 0 Å². The zero-order chi connectivity index (χ0) is 16.4. The molecule has 1 aromatic heterocycles. The van der Waals surface area contributed by atoms with E-state index in [4.69, 9.17) is 16.1 Å². The Bertz CT molecular complexity index is 714. The molecule has 1 fully saturated rings. The summed E-state index contributed by atoms with van der Waals surface area (Å²) in [6.45, 7) is 1.71. The molecule has 5 nitrogen and oxygen atoms in total. The Morgan fingerprint density at radius 3 is 2.91 bits per heavy atom. The molecule has 3 rings (SSSR count).